The second kappa shape index (κ2) is 14.8. The quantitative estimate of drug-likeness (QED) is 0.621. The molecule has 0 radical (unpaired) electrons. The summed E-state index contributed by atoms with van der Waals surface area (Å²) < 4.78 is 0. The molecule has 1 nitrogen and oxygen atoms in total. The average Bonchev–Trinajstić information content (AvgIpc) is 2.44. The van der Waals surface area contributed by atoms with Gasteiger partial charge in [-0.15, -0.1) is 0 Å². The van der Waals surface area contributed by atoms with Gasteiger partial charge in [0.05, 0.1) is 0 Å². The molecular formula is C15H23NS. The van der Waals surface area contributed by atoms with Crippen LogP contribution in [0.4, 0.5) is 0 Å². The zero-order valence-corrected chi connectivity index (χ0v) is 11.8. The molecule has 0 bridgehead atoms. The van der Waals surface area contributed by atoms with E-state index in [0.29, 0.717) is 0 Å². The van der Waals surface area contributed by atoms with E-state index in [1.807, 2.05) is 44.2 Å². The van der Waals surface area contributed by atoms with Gasteiger partial charge < -0.3 is 5.73 Å². The SMILES string of the molecule is C=C/C=C(\C=C)Sc1ccccc1.CC.CN. The standard InChI is InChI=1S/C12H12S.C2H6.CH5N/c1-3-8-11(4-2)13-12-9-6-5-7-10-12;2*1-2/h3-10H,1-2H2;1-2H3;2H2,1H3/b11-8+;;. The van der Waals surface area contributed by atoms with Crippen molar-refractivity contribution in [1.82, 2.24) is 0 Å². The number of allylic oxidation sites excluding steroid dienone is 3. The van der Waals surface area contributed by atoms with E-state index in [1.165, 1.54) is 11.9 Å². The van der Waals surface area contributed by atoms with E-state index in [9.17, 15) is 0 Å². The summed E-state index contributed by atoms with van der Waals surface area (Å²) in [7, 11) is 1.50. The number of hydrogen-bond acceptors (Lipinski definition) is 2. The van der Waals surface area contributed by atoms with Crippen LogP contribution < -0.4 is 5.73 Å². The molecule has 0 aliphatic heterocycles. The predicted molar refractivity (Wildman–Crippen MR) is 82.2 cm³/mol. The molecule has 0 aromatic heterocycles. The third kappa shape index (κ3) is 9.67. The van der Waals surface area contributed by atoms with Crippen LogP contribution in [-0.4, -0.2) is 7.05 Å². The largest absolute Gasteiger partial charge is 0.333 e. The molecule has 0 aliphatic rings. The highest BCUT2D eigenvalue weighted by molar-refractivity contribution is 8.03. The number of benzene rings is 1. The third-order valence-electron chi connectivity index (χ3n) is 1.46. The van der Waals surface area contributed by atoms with Gasteiger partial charge in [-0.1, -0.05) is 69.1 Å². The van der Waals surface area contributed by atoms with Gasteiger partial charge in [-0.2, -0.15) is 0 Å². The molecule has 0 atom stereocenters. The van der Waals surface area contributed by atoms with Gasteiger partial charge in [0.25, 0.3) is 0 Å². The number of nitrogens with two attached hydrogens (primary N) is 1. The molecule has 17 heavy (non-hydrogen) atoms. The first kappa shape index (κ1) is 18.1. The maximum absolute atomic E-state index is 4.50. The summed E-state index contributed by atoms with van der Waals surface area (Å²) in [6.07, 6.45) is 5.55. The Labute approximate surface area is 110 Å². The summed E-state index contributed by atoms with van der Waals surface area (Å²) in [6, 6.07) is 10.2. The zero-order chi connectivity index (χ0) is 13.5. The Bertz CT molecular complexity index is 315. The Morgan fingerprint density at radius 1 is 1.12 bits per heavy atom. The summed E-state index contributed by atoms with van der Waals surface area (Å²) in [4.78, 5) is 2.33. The summed E-state index contributed by atoms with van der Waals surface area (Å²) in [5, 5.41) is 0. The Morgan fingerprint density at radius 3 is 2.06 bits per heavy atom. The molecule has 1 aromatic carbocycles. The second-order valence-corrected chi connectivity index (χ2v) is 3.57. The zero-order valence-electron chi connectivity index (χ0n) is 11.0. The van der Waals surface area contributed by atoms with E-state index in [0.717, 1.165) is 4.91 Å². The minimum atomic E-state index is 1.11. The lowest BCUT2D eigenvalue weighted by atomic mass is 10.4. The van der Waals surface area contributed by atoms with Crippen molar-refractivity contribution >= 4 is 11.8 Å². The van der Waals surface area contributed by atoms with Crippen molar-refractivity contribution in [2.45, 2.75) is 18.7 Å². The van der Waals surface area contributed by atoms with Crippen LogP contribution in [0.5, 0.6) is 0 Å². The molecule has 0 spiro atoms. The highest BCUT2D eigenvalue weighted by Gasteiger charge is 1.93. The van der Waals surface area contributed by atoms with Crippen LogP contribution in [0.3, 0.4) is 0 Å². The summed E-state index contributed by atoms with van der Waals surface area (Å²) in [5.74, 6) is 0. The van der Waals surface area contributed by atoms with Gasteiger partial charge in [-0.3, -0.25) is 0 Å². The van der Waals surface area contributed by atoms with Crippen LogP contribution in [0.2, 0.25) is 0 Å². The second-order valence-electron chi connectivity index (χ2n) is 2.42. The van der Waals surface area contributed by atoms with Gasteiger partial charge in [-0.05, 0) is 25.3 Å². The maximum atomic E-state index is 4.50. The van der Waals surface area contributed by atoms with Crippen LogP contribution in [0.15, 0.2) is 71.5 Å². The lowest BCUT2D eigenvalue weighted by molar-refractivity contribution is 1.47. The molecule has 0 heterocycles. The van der Waals surface area contributed by atoms with Gasteiger partial charge in [-0.25, -0.2) is 0 Å². The molecule has 0 unspecified atom stereocenters. The van der Waals surface area contributed by atoms with Crippen LogP contribution in [0, 0.1) is 0 Å². The first-order valence-corrected chi connectivity index (χ1v) is 6.44. The van der Waals surface area contributed by atoms with Crippen molar-refractivity contribution in [3.05, 3.63) is 66.6 Å². The van der Waals surface area contributed by atoms with Gasteiger partial charge in [0.2, 0.25) is 0 Å². The average molecular weight is 249 g/mol. The molecule has 0 saturated carbocycles. The fraction of sp³-hybridized carbons (Fsp3) is 0.200. The number of rotatable bonds is 4. The van der Waals surface area contributed by atoms with Crippen molar-refractivity contribution in [1.29, 1.82) is 0 Å². The highest BCUT2D eigenvalue weighted by atomic mass is 32.2. The maximum Gasteiger partial charge on any atom is 0.0122 e. The molecule has 0 amide bonds. The summed E-state index contributed by atoms with van der Waals surface area (Å²) in [6.45, 7) is 11.4. The molecule has 0 saturated heterocycles. The van der Waals surface area contributed by atoms with Gasteiger partial charge >= 0.3 is 0 Å². The van der Waals surface area contributed by atoms with Crippen molar-refractivity contribution in [3.63, 3.8) is 0 Å². The van der Waals surface area contributed by atoms with Crippen molar-refractivity contribution in [3.8, 4) is 0 Å². The normalized spacial score (nSPS) is 9.06. The van der Waals surface area contributed by atoms with Crippen molar-refractivity contribution in [2.24, 2.45) is 5.73 Å². The van der Waals surface area contributed by atoms with Crippen LogP contribution >= 0.6 is 11.8 Å². The fourth-order valence-corrected chi connectivity index (χ4v) is 1.70. The molecule has 2 N–H and O–H groups in total. The Kier molecular flexibility index (Phi) is 15.7. The summed E-state index contributed by atoms with van der Waals surface area (Å²) in [5.41, 5.74) is 4.50. The molecule has 0 fully saturated rings. The van der Waals surface area contributed by atoms with Crippen LogP contribution in [0.25, 0.3) is 0 Å². The van der Waals surface area contributed by atoms with Crippen molar-refractivity contribution in [2.75, 3.05) is 7.05 Å². The highest BCUT2D eigenvalue weighted by Crippen LogP contribution is 2.26. The number of thioether (sulfide) groups is 1. The monoisotopic (exact) mass is 249 g/mol. The van der Waals surface area contributed by atoms with Crippen LogP contribution in [-0.2, 0) is 0 Å². The van der Waals surface area contributed by atoms with Gasteiger partial charge in [0.15, 0.2) is 0 Å². The first-order chi connectivity index (χ1) is 8.36. The van der Waals surface area contributed by atoms with E-state index in [4.69, 9.17) is 0 Å². The van der Waals surface area contributed by atoms with E-state index in [2.05, 4.69) is 31.0 Å². The topological polar surface area (TPSA) is 26.0 Å². The minimum Gasteiger partial charge on any atom is -0.333 e. The number of hydrogen-bond donors (Lipinski definition) is 1. The minimum absolute atomic E-state index is 1.11. The van der Waals surface area contributed by atoms with E-state index in [1.54, 1.807) is 17.8 Å². The lowest BCUT2D eigenvalue weighted by Gasteiger charge is -1.99. The lowest BCUT2D eigenvalue weighted by Crippen LogP contribution is -1.71. The Morgan fingerprint density at radius 2 is 1.65 bits per heavy atom. The Balaban J connectivity index is 0. The van der Waals surface area contributed by atoms with Crippen LogP contribution in [0.1, 0.15) is 13.8 Å². The molecule has 94 valence electrons. The molecular weight excluding hydrogens is 226 g/mol. The predicted octanol–water partition coefficient (Wildman–Crippen LogP) is 4.64. The van der Waals surface area contributed by atoms with E-state index >= 15 is 0 Å². The Hall–Kier alpha value is -1.25. The fourth-order valence-electron chi connectivity index (χ4n) is 0.885. The molecule has 2 heteroatoms. The van der Waals surface area contributed by atoms with E-state index in [-0.39, 0.29) is 0 Å². The molecule has 1 aromatic rings. The smallest absolute Gasteiger partial charge is 0.0122 e. The first-order valence-electron chi connectivity index (χ1n) is 5.62. The van der Waals surface area contributed by atoms with E-state index < -0.39 is 0 Å². The molecule has 1 rings (SSSR count). The third-order valence-corrected chi connectivity index (χ3v) is 2.51. The van der Waals surface area contributed by atoms with Gasteiger partial charge in [0, 0.05) is 9.80 Å². The summed E-state index contributed by atoms with van der Waals surface area (Å²) >= 11 is 1.69. The van der Waals surface area contributed by atoms with Gasteiger partial charge in [0.1, 0.15) is 0 Å². The molecule has 0 aliphatic carbocycles. The van der Waals surface area contributed by atoms with Crippen molar-refractivity contribution < 1.29 is 0 Å².